The molecule has 31 heavy (non-hydrogen) atoms. The van der Waals surface area contributed by atoms with Crippen LogP contribution in [0.15, 0.2) is 35.7 Å². The van der Waals surface area contributed by atoms with Crippen molar-refractivity contribution in [1.82, 2.24) is 4.90 Å². The lowest BCUT2D eigenvalue weighted by Gasteiger charge is -2.33. The molecule has 9 heteroatoms. The van der Waals surface area contributed by atoms with Gasteiger partial charge in [-0.1, -0.05) is 12.1 Å². The van der Waals surface area contributed by atoms with E-state index < -0.39 is 6.10 Å². The molecule has 0 bridgehead atoms. The Balaban J connectivity index is 1.30. The fraction of sp³-hybridized carbons (Fsp3) is 0.455. The third kappa shape index (κ3) is 4.56. The van der Waals surface area contributed by atoms with Crippen molar-refractivity contribution in [2.75, 3.05) is 24.5 Å². The average Bonchev–Trinajstić information content (AvgIpc) is 3.26. The molecule has 3 heterocycles. The molecular weight excluding hydrogens is 418 g/mol. The van der Waals surface area contributed by atoms with Gasteiger partial charge in [0.2, 0.25) is 0 Å². The first kappa shape index (κ1) is 21.3. The van der Waals surface area contributed by atoms with Crippen molar-refractivity contribution in [3.8, 4) is 0 Å². The number of nitrogens with zero attached hydrogens (tertiary/aromatic N) is 3. The zero-order valence-corrected chi connectivity index (χ0v) is 18.2. The van der Waals surface area contributed by atoms with Gasteiger partial charge >= 0.3 is 5.97 Å². The molecule has 2 aromatic rings. The van der Waals surface area contributed by atoms with E-state index in [2.05, 4.69) is 0 Å². The largest absolute Gasteiger partial charge is 0.452 e. The number of esters is 1. The Bertz CT molecular complexity index is 983. The molecule has 1 saturated heterocycles. The summed E-state index contributed by atoms with van der Waals surface area (Å²) in [4.78, 5) is 41.3. The third-order valence-corrected chi connectivity index (χ3v) is 7.03. The minimum atomic E-state index is -0.819. The van der Waals surface area contributed by atoms with Gasteiger partial charge in [-0.25, -0.2) is 0 Å². The number of rotatable bonds is 5. The maximum atomic E-state index is 12.8. The highest BCUT2D eigenvalue weighted by molar-refractivity contribution is 7.10. The van der Waals surface area contributed by atoms with Crippen molar-refractivity contribution in [3.63, 3.8) is 0 Å². The van der Waals surface area contributed by atoms with Crippen LogP contribution >= 0.6 is 11.3 Å². The van der Waals surface area contributed by atoms with Crippen LogP contribution in [0.1, 0.15) is 30.2 Å². The van der Waals surface area contributed by atoms with Crippen molar-refractivity contribution < 1.29 is 19.2 Å². The van der Waals surface area contributed by atoms with Crippen molar-refractivity contribution >= 4 is 34.6 Å². The number of piperidine rings is 1. The van der Waals surface area contributed by atoms with E-state index in [4.69, 9.17) is 4.74 Å². The predicted octanol–water partition coefficient (Wildman–Crippen LogP) is 3.39. The first-order valence-electron chi connectivity index (χ1n) is 10.5. The Morgan fingerprint density at radius 2 is 1.94 bits per heavy atom. The lowest BCUT2D eigenvalue weighted by atomic mass is 9.96. The average molecular weight is 444 g/mol. The van der Waals surface area contributed by atoms with Crippen LogP contribution in [-0.4, -0.2) is 47.4 Å². The van der Waals surface area contributed by atoms with Gasteiger partial charge in [-0.15, -0.1) is 11.3 Å². The van der Waals surface area contributed by atoms with Crippen LogP contribution < -0.4 is 4.90 Å². The molecule has 8 nitrogen and oxygen atoms in total. The maximum Gasteiger partial charge on any atom is 0.309 e. The highest BCUT2D eigenvalue weighted by atomic mass is 32.1. The molecule has 164 valence electrons. The number of benzene rings is 1. The third-order valence-electron chi connectivity index (χ3n) is 6.01. The SMILES string of the molecule is CC(OC(=O)C1CCN(c2ccccc2[N+](=O)[O-])CC1)C(=O)N1CCc2sccc2C1. The second-order valence-electron chi connectivity index (χ2n) is 7.97. The van der Waals surface area contributed by atoms with Gasteiger partial charge in [0, 0.05) is 37.1 Å². The van der Waals surface area contributed by atoms with Crippen LogP contribution in [0.25, 0.3) is 0 Å². The standard InChI is InChI=1S/C22H25N3O5S/c1-15(21(26)24-12-8-20-17(14-24)9-13-31-20)30-22(27)16-6-10-23(11-7-16)18-4-2-3-5-19(18)25(28)29/h2-5,9,13,15-16H,6-8,10-12,14H2,1H3. The van der Waals surface area contributed by atoms with Gasteiger partial charge in [-0.2, -0.15) is 0 Å². The molecule has 1 atom stereocenters. The molecule has 1 aromatic carbocycles. The number of ether oxygens (including phenoxy) is 1. The van der Waals surface area contributed by atoms with Gasteiger partial charge in [-0.05, 0) is 49.3 Å². The van der Waals surface area contributed by atoms with Crippen molar-refractivity contribution in [2.24, 2.45) is 5.92 Å². The lowest BCUT2D eigenvalue weighted by molar-refractivity contribution is -0.384. The molecule has 0 aliphatic carbocycles. The summed E-state index contributed by atoms with van der Waals surface area (Å²) in [6, 6.07) is 8.68. The molecule has 0 radical (unpaired) electrons. The smallest absolute Gasteiger partial charge is 0.309 e. The molecule has 2 aliphatic rings. The molecule has 1 fully saturated rings. The fourth-order valence-electron chi connectivity index (χ4n) is 4.26. The summed E-state index contributed by atoms with van der Waals surface area (Å²) in [5, 5.41) is 13.3. The van der Waals surface area contributed by atoms with E-state index >= 15 is 0 Å². The number of carbonyl (C=O) groups excluding carboxylic acids is 2. The topological polar surface area (TPSA) is 93.0 Å². The van der Waals surface area contributed by atoms with Gasteiger partial charge in [0.05, 0.1) is 10.8 Å². The summed E-state index contributed by atoms with van der Waals surface area (Å²) in [6.07, 6.45) is 1.09. The highest BCUT2D eigenvalue weighted by Gasteiger charge is 2.32. The molecule has 1 aromatic heterocycles. The number of nitro groups is 1. The summed E-state index contributed by atoms with van der Waals surface area (Å²) in [6.45, 7) is 3.89. The first-order valence-corrected chi connectivity index (χ1v) is 11.3. The first-order chi connectivity index (χ1) is 14.9. The number of para-hydroxylation sites is 2. The zero-order chi connectivity index (χ0) is 22.0. The molecule has 1 unspecified atom stereocenters. The summed E-state index contributed by atoms with van der Waals surface area (Å²) >= 11 is 1.71. The number of anilines is 1. The van der Waals surface area contributed by atoms with Crippen LogP contribution in [0.4, 0.5) is 11.4 Å². The predicted molar refractivity (Wildman–Crippen MR) is 117 cm³/mol. The van der Waals surface area contributed by atoms with Gasteiger partial charge in [0.25, 0.3) is 11.6 Å². The van der Waals surface area contributed by atoms with Crippen molar-refractivity contribution in [2.45, 2.75) is 38.8 Å². The normalized spacial score (nSPS) is 17.7. The number of fused-ring (bicyclic) bond motifs is 1. The number of carbonyl (C=O) groups is 2. The molecule has 1 amide bonds. The summed E-state index contributed by atoms with van der Waals surface area (Å²) in [7, 11) is 0. The van der Waals surface area contributed by atoms with Gasteiger partial charge in [0.1, 0.15) is 5.69 Å². The number of hydrogen-bond donors (Lipinski definition) is 0. The lowest BCUT2D eigenvalue weighted by Crippen LogP contribution is -2.44. The highest BCUT2D eigenvalue weighted by Crippen LogP contribution is 2.31. The van der Waals surface area contributed by atoms with E-state index in [1.807, 2.05) is 16.3 Å². The molecule has 4 rings (SSSR count). The number of thiophene rings is 1. The van der Waals surface area contributed by atoms with E-state index in [0.29, 0.717) is 44.7 Å². The fourth-order valence-corrected chi connectivity index (χ4v) is 5.15. The van der Waals surface area contributed by atoms with Crippen LogP contribution in [0, 0.1) is 16.0 Å². The van der Waals surface area contributed by atoms with Crippen LogP contribution in [-0.2, 0) is 27.3 Å². The Labute approximate surface area is 184 Å². The number of amides is 1. The second kappa shape index (κ2) is 9.05. The van der Waals surface area contributed by atoms with E-state index in [-0.39, 0.29) is 28.4 Å². The Morgan fingerprint density at radius 1 is 1.19 bits per heavy atom. The van der Waals surface area contributed by atoms with Crippen molar-refractivity contribution in [3.05, 3.63) is 56.3 Å². The number of hydrogen-bond acceptors (Lipinski definition) is 7. The summed E-state index contributed by atoms with van der Waals surface area (Å²) in [5.41, 5.74) is 1.81. The Hall–Kier alpha value is -2.94. The minimum absolute atomic E-state index is 0.0676. The summed E-state index contributed by atoms with van der Waals surface area (Å²) < 4.78 is 5.52. The zero-order valence-electron chi connectivity index (χ0n) is 17.4. The van der Waals surface area contributed by atoms with E-state index in [1.165, 1.54) is 16.5 Å². The van der Waals surface area contributed by atoms with Gasteiger partial charge in [0.15, 0.2) is 6.10 Å². The van der Waals surface area contributed by atoms with E-state index in [0.717, 1.165) is 6.42 Å². The second-order valence-corrected chi connectivity index (χ2v) is 8.97. The van der Waals surface area contributed by atoms with Gasteiger partial charge in [-0.3, -0.25) is 19.7 Å². The summed E-state index contributed by atoms with van der Waals surface area (Å²) in [5.74, 6) is -0.835. The Morgan fingerprint density at radius 3 is 2.68 bits per heavy atom. The molecule has 0 N–H and O–H groups in total. The quantitative estimate of drug-likeness (QED) is 0.400. The van der Waals surface area contributed by atoms with Crippen LogP contribution in [0.3, 0.4) is 0 Å². The molecule has 2 aliphatic heterocycles. The minimum Gasteiger partial charge on any atom is -0.452 e. The molecular formula is C22H25N3O5S. The van der Waals surface area contributed by atoms with Crippen molar-refractivity contribution in [1.29, 1.82) is 0 Å². The number of nitro benzene ring substituents is 1. The Kier molecular flexibility index (Phi) is 6.22. The molecule has 0 saturated carbocycles. The van der Waals surface area contributed by atoms with Crippen LogP contribution in [0.2, 0.25) is 0 Å². The van der Waals surface area contributed by atoms with Gasteiger partial charge < -0.3 is 14.5 Å². The maximum absolute atomic E-state index is 12.8. The van der Waals surface area contributed by atoms with Crippen LogP contribution in [0.5, 0.6) is 0 Å². The molecule has 0 spiro atoms. The monoisotopic (exact) mass is 443 g/mol. The van der Waals surface area contributed by atoms with E-state index in [1.54, 1.807) is 41.4 Å². The van der Waals surface area contributed by atoms with E-state index in [9.17, 15) is 19.7 Å².